The molecule has 96 valence electrons. The molecule has 1 fully saturated rings. The van der Waals surface area contributed by atoms with E-state index in [4.69, 9.17) is 5.11 Å². The summed E-state index contributed by atoms with van der Waals surface area (Å²) in [4.78, 5) is 34.9. The van der Waals surface area contributed by atoms with E-state index in [0.29, 0.717) is 19.5 Å². The summed E-state index contributed by atoms with van der Waals surface area (Å²) in [6.07, 6.45) is 0.698. The van der Waals surface area contributed by atoms with Crippen molar-refractivity contribution in [1.29, 1.82) is 0 Å². The first-order chi connectivity index (χ1) is 7.85. The number of carbonyl (C=O) groups excluding carboxylic acids is 2. The molecule has 2 N–H and O–H groups in total. The summed E-state index contributed by atoms with van der Waals surface area (Å²) in [5.41, 5.74) is -0.830. The highest BCUT2D eigenvalue weighted by Crippen LogP contribution is 2.30. The van der Waals surface area contributed by atoms with Gasteiger partial charge in [-0.05, 0) is 13.3 Å². The van der Waals surface area contributed by atoms with Gasteiger partial charge < -0.3 is 15.3 Å². The molecule has 1 saturated heterocycles. The Balaban J connectivity index is 2.40. The topological polar surface area (TPSA) is 86.7 Å². The van der Waals surface area contributed by atoms with Crippen LogP contribution in [0.2, 0.25) is 0 Å². The lowest BCUT2D eigenvalue weighted by molar-refractivity contribution is -0.147. The van der Waals surface area contributed by atoms with Gasteiger partial charge in [-0.2, -0.15) is 0 Å². The van der Waals surface area contributed by atoms with Gasteiger partial charge >= 0.3 is 5.97 Å². The lowest BCUT2D eigenvalue weighted by Gasteiger charge is -2.20. The van der Waals surface area contributed by atoms with Crippen molar-refractivity contribution in [1.82, 2.24) is 10.2 Å². The first-order valence-electron chi connectivity index (χ1n) is 5.61. The molecular weight excluding hydrogens is 224 g/mol. The van der Waals surface area contributed by atoms with Gasteiger partial charge in [0.25, 0.3) is 0 Å². The summed E-state index contributed by atoms with van der Waals surface area (Å²) in [6, 6.07) is 0. The van der Waals surface area contributed by atoms with Gasteiger partial charge in [-0.15, -0.1) is 0 Å². The quantitative estimate of drug-likeness (QED) is 0.717. The highest BCUT2D eigenvalue weighted by atomic mass is 16.4. The SMILES string of the molecule is CC(=O)NCCC(=O)N1CCC(C)(C(=O)O)C1. The van der Waals surface area contributed by atoms with E-state index >= 15 is 0 Å². The number of nitrogens with one attached hydrogen (secondary N) is 1. The number of hydrogen-bond acceptors (Lipinski definition) is 3. The smallest absolute Gasteiger partial charge is 0.311 e. The lowest BCUT2D eigenvalue weighted by Crippen LogP contribution is -2.36. The molecule has 0 spiro atoms. The van der Waals surface area contributed by atoms with Gasteiger partial charge in [0.1, 0.15) is 0 Å². The zero-order valence-corrected chi connectivity index (χ0v) is 10.2. The van der Waals surface area contributed by atoms with Crippen LogP contribution in [0.1, 0.15) is 26.7 Å². The molecule has 0 aliphatic carbocycles. The maximum absolute atomic E-state index is 11.7. The lowest BCUT2D eigenvalue weighted by atomic mass is 9.90. The van der Waals surface area contributed by atoms with Gasteiger partial charge in [-0.3, -0.25) is 14.4 Å². The Morgan fingerprint density at radius 3 is 2.53 bits per heavy atom. The largest absolute Gasteiger partial charge is 0.481 e. The highest BCUT2D eigenvalue weighted by Gasteiger charge is 2.41. The third-order valence-corrected chi connectivity index (χ3v) is 3.06. The molecule has 17 heavy (non-hydrogen) atoms. The second-order valence-electron chi connectivity index (χ2n) is 4.66. The molecule has 6 nitrogen and oxygen atoms in total. The van der Waals surface area contributed by atoms with Gasteiger partial charge in [-0.1, -0.05) is 0 Å². The van der Waals surface area contributed by atoms with Crippen molar-refractivity contribution in [3.63, 3.8) is 0 Å². The van der Waals surface area contributed by atoms with E-state index in [2.05, 4.69) is 5.32 Å². The zero-order chi connectivity index (χ0) is 13.1. The van der Waals surface area contributed by atoms with Gasteiger partial charge in [0, 0.05) is 33.0 Å². The molecule has 1 aliphatic rings. The summed E-state index contributed by atoms with van der Waals surface area (Å²) < 4.78 is 0. The van der Waals surface area contributed by atoms with Crippen LogP contribution in [0, 0.1) is 5.41 Å². The van der Waals surface area contributed by atoms with Gasteiger partial charge in [0.15, 0.2) is 0 Å². The summed E-state index contributed by atoms with van der Waals surface area (Å²) in [7, 11) is 0. The molecule has 0 aromatic heterocycles. The van der Waals surface area contributed by atoms with E-state index in [0.717, 1.165) is 0 Å². The Hall–Kier alpha value is -1.59. The second-order valence-corrected chi connectivity index (χ2v) is 4.66. The maximum Gasteiger partial charge on any atom is 0.311 e. The van der Waals surface area contributed by atoms with Crippen LogP contribution in [0.5, 0.6) is 0 Å². The average molecular weight is 242 g/mol. The number of carboxylic acids is 1. The first-order valence-corrected chi connectivity index (χ1v) is 5.61. The number of carbonyl (C=O) groups is 3. The number of nitrogens with zero attached hydrogens (tertiary/aromatic N) is 1. The Morgan fingerprint density at radius 1 is 1.41 bits per heavy atom. The number of rotatable bonds is 4. The molecule has 2 amide bonds. The van der Waals surface area contributed by atoms with Gasteiger partial charge in [0.2, 0.25) is 11.8 Å². The molecule has 0 aromatic rings. The van der Waals surface area contributed by atoms with Crippen LogP contribution >= 0.6 is 0 Å². The summed E-state index contributed by atoms with van der Waals surface area (Å²) >= 11 is 0. The van der Waals surface area contributed by atoms with E-state index in [-0.39, 0.29) is 24.8 Å². The van der Waals surface area contributed by atoms with Crippen molar-refractivity contribution in [3.05, 3.63) is 0 Å². The van der Waals surface area contributed by atoms with Crippen LogP contribution in [-0.4, -0.2) is 47.4 Å². The Morgan fingerprint density at radius 2 is 2.06 bits per heavy atom. The first kappa shape index (κ1) is 13.5. The number of aliphatic carboxylic acids is 1. The molecule has 1 unspecified atom stereocenters. The molecule has 0 bridgehead atoms. The maximum atomic E-state index is 11.7. The van der Waals surface area contributed by atoms with Crippen molar-refractivity contribution in [2.24, 2.45) is 5.41 Å². The van der Waals surface area contributed by atoms with E-state index in [9.17, 15) is 14.4 Å². The van der Waals surface area contributed by atoms with E-state index < -0.39 is 11.4 Å². The van der Waals surface area contributed by atoms with Crippen LogP contribution in [0.3, 0.4) is 0 Å². The van der Waals surface area contributed by atoms with Crippen LogP contribution < -0.4 is 5.32 Å². The standard InChI is InChI=1S/C11H18N2O4/c1-8(14)12-5-3-9(15)13-6-4-11(2,7-13)10(16)17/h3-7H2,1-2H3,(H,12,14)(H,16,17). The predicted octanol–water partition coefficient (Wildman–Crippen LogP) is -0.164. The number of amides is 2. The van der Waals surface area contributed by atoms with Crippen molar-refractivity contribution < 1.29 is 19.5 Å². The molecule has 1 atom stereocenters. The Bertz CT molecular complexity index is 342. The Labute approximate surface area is 100.0 Å². The third-order valence-electron chi connectivity index (χ3n) is 3.06. The fourth-order valence-corrected chi connectivity index (χ4v) is 1.85. The Kier molecular flexibility index (Phi) is 4.09. The summed E-state index contributed by atoms with van der Waals surface area (Å²) in [6.45, 7) is 4.07. The monoisotopic (exact) mass is 242 g/mol. The minimum Gasteiger partial charge on any atom is -0.481 e. The molecule has 6 heteroatoms. The minimum atomic E-state index is -0.866. The van der Waals surface area contributed by atoms with Crippen molar-refractivity contribution in [3.8, 4) is 0 Å². The van der Waals surface area contributed by atoms with Crippen LogP contribution in [0.25, 0.3) is 0 Å². The summed E-state index contributed by atoms with van der Waals surface area (Å²) in [5.74, 6) is -1.15. The molecule has 0 aromatic carbocycles. The average Bonchev–Trinajstić information content (AvgIpc) is 2.62. The molecule has 1 aliphatic heterocycles. The van der Waals surface area contributed by atoms with E-state index in [1.807, 2.05) is 0 Å². The van der Waals surface area contributed by atoms with Crippen molar-refractivity contribution >= 4 is 17.8 Å². The van der Waals surface area contributed by atoms with Crippen LogP contribution in [0.15, 0.2) is 0 Å². The molecule has 1 heterocycles. The van der Waals surface area contributed by atoms with Crippen LogP contribution in [-0.2, 0) is 14.4 Å². The second kappa shape index (κ2) is 5.16. The molecule has 0 radical (unpaired) electrons. The van der Waals surface area contributed by atoms with Crippen molar-refractivity contribution in [2.45, 2.75) is 26.7 Å². The molecule has 1 rings (SSSR count). The molecular formula is C11H18N2O4. The minimum absolute atomic E-state index is 0.108. The van der Waals surface area contributed by atoms with Gasteiger partial charge in [-0.25, -0.2) is 0 Å². The third kappa shape index (κ3) is 3.44. The number of hydrogen-bond donors (Lipinski definition) is 2. The zero-order valence-electron chi connectivity index (χ0n) is 10.2. The van der Waals surface area contributed by atoms with Gasteiger partial charge in [0.05, 0.1) is 5.41 Å². The van der Waals surface area contributed by atoms with Crippen LogP contribution in [0.4, 0.5) is 0 Å². The van der Waals surface area contributed by atoms with E-state index in [1.54, 1.807) is 11.8 Å². The normalized spacial score (nSPS) is 23.5. The fraction of sp³-hybridized carbons (Fsp3) is 0.727. The van der Waals surface area contributed by atoms with Crippen molar-refractivity contribution in [2.75, 3.05) is 19.6 Å². The molecule has 0 saturated carbocycles. The predicted molar refractivity (Wildman–Crippen MR) is 60.2 cm³/mol. The number of carboxylic acid groups (broad SMARTS) is 1. The fourth-order valence-electron chi connectivity index (χ4n) is 1.85. The summed E-state index contributed by atoms with van der Waals surface area (Å²) in [5, 5.41) is 11.6. The number of likely N-dealkylation sites (tertiary alicyclic amines) is 1. The highest BCUT2D eigenvalue weighted by molar-refractivity contribution is 5.81. The van der Waals surface area contributed by atoms with E-state index in [1.165, 1.54) is 6.92 Å².